The summed E-state index contributed by atoms with van der Waals surface area (Å²) in [5.41, 5.74) is 1.85. The van der Waals surface area contributed by atoms with Crippen LogP contribution in [0.4, 0.5) is 14.5 Å². The summed E-state index contributed by atoms with van der Waals surface area (Å²) in [6, 6.07) is 10.6. The molecule has 0 unspecified atom stereocenters. The number of anilines is 1. The van der Waals surface area contributed by atoms with Gasteiger partial charge in [-0.25, -0.2) is 8.78 Å². The Bertz CT molecular complexity index is 825. The lowest BCUT2D eigenvalue weighted by atomic mass is 10.1. The molecule has 28 heavy (non-hydrogen) atoms. The van der Waals surface area contributed by atoms with Crippen LogP contribution < -0.4 is 4.90 Å². The summed E-state index contributed by atoms with van der Waals surface area (Å²) in [6.45, 7) is 2.99. The van der Waals surface area contributed by atoms with Crippen molar-refractivity contribution in [3.8, 4) is 0 Å². The molecular weight excluding hydrogens is 366 g/mol. The van der Waals surface area contributed by atoms with Gasteiger partial charge in [-0.3, -0.25) is 9.59 Å². The zero-order chi connectivity index (χ0) is 20.7. The molecule has 0 aliphatic carbocycles. The highest BCUT2D eigenvalue weighted by molar-refractivity contribution is 5.94. The fraction of sp³-hybridized carbons (Fsp3) is 0.333. The highest BCUT2D eigenvalue weighted by atomic mass is 19.2. The minimum atomic E-state index is -0.982. The molecule has 2 aromatic carbocycles. The second-order valence-corrected chi connectivity index (χ2v) is 6.36. The van der Waals surface area contributed by atoms with E-state index in [0.717, 1.165) is 24.4 Å². The van der Waals surface area contributed by atoms with Crippen LogP contribution in [0.5, 0.6) is 0 Å². The number of ether oxygens (including phenoxy) is 1. The van der Waals surface area contributed by atoms with Crippen molar-refractivity contribution in [3.63, 3.8) is 0 Å². The first-order valence-corrected chi connectivity index (χ1v) is 8.97. The second kappa shape index (κ2) is 9.82. The van der Waals surface area contributed by atoms with Gasteiger partial charge in [-0.15, -0.1) is 0 Å². The summed E-state index contributed by atoms with van der Waals surface area (Å²) in [7, 11) is 3.22. The first kappa shape index (κ1) is 21.3. The molecule has 0 atom stereocenters. The maximum atomic E-state index is 13.5. The number of rotatable bonds is 8. The maximum absolute atomic E-state index is 13.5. The van der Waals surface area contributed by atoms with Crippen LogP contribution in [-0.2, 0) is 16.1 Å². The summed E-state index contributed by atoms with van der Waals surface area (Å²) >= 11 is 0. The van der Waals surface area contributed by atoms with Gasteiger partial charge in [0.1, 0.15) is 0 Å². The minimum absolute atomic E-state index is 0.00255. The van der Waals surface area contributed by atoms with Crippen molar-refractivity contribution in [2.24, 2.45) is 0 Å². The Morgan fingerprint density at radius 3 is 2.29 bits per heavy atom. The fourth-order valence-electron chi connectivity index (χ4n) is 2.66. The van der Waals surface area contributed by atoms with E-state index in [-0.39, 0.29) is 25.4 Å². The van der Waals surface area contributed by atoms with Crippen molar-refractivity contribution < 1.29 is 23.1 Å². The Balaban J connectivity index is 2.22. The van der Waals surface area contributed by atoms with Gasteiger partial charge >= 0.3 is 5.97 Å². The molecule has 0 aliphatic rings. The molecule has 5 nitrogen and oxygen atoms in total. The van der Waals surface area contributed by atoms with Crippen LogP contribution in [0.25, 0.3) is 0 Å². The molecule has 0 radical (unpaired) electrons. The van der Waals surface area contributed by atoms with Crippen molar-refractivity contribution in [1.29, 1.82) is 0 Å². The third-order valence-corrected chi connectivity index (χ3v) is 4.49. The van der Waals surface area contributed by atoms with E-state index >= 15 is 0 Å². The molecule has 0 N–H and O–H groups in total. The highest BCUT2D eigenvalue weighted by Crippen LogP contribution is 2.17. The number of nitrogens with zero attached hydrogens (tertiary/aromatic N) is 2. The number of esters is 1. The summed E-state index contributed by atoms with van der Waals surface area (Å²) in [5, 5.41) is 0. The van der Waals surface area contributed by atoms with Gasteiger partial charge in [0.15, 0.2) is 11.6 Å². The lowest BCUT2D eigenvalue weighted by molar-refractivity contribution is -0.140. The Morgan fingerprint density at radius 1 is 1.04 bits per heavy atom. The average Bonchev–Trinajstić information content (AvgIpc) is 2.72. The quantitative estimate of drug-likeness (QED) is 0.646. The topological polar surface area (TPSA) is 49.9 Å². The molecule has 0 heterocycles. The van der Waals surface area contributed by atoms with Gasteiger partial charge in [-0.2, -0.15) is 0 Å². The van der Waals surface area contributed by atoms with E-state index in [1.165, 1.54) is 18.1 Å². The number of halogens is 2. The van der Waals surface area contributed by atoms with E-state index in [0.29, 0.717) is 11.1 Å². The Labute approximate surface area is 163 Å². The molecule has 2 aromatic rings. The van der Waals surface area contributed by atoms with Gasteiger partial charge in [-0.05, 0) is 48.9 Å². The number of methoxy groups -OCH3 is 1. The van der Waals surface area contributed by atoms with Gasteiger partial charge in [0, 0.05) is 37.9 Å². The largest absolute Gasteiger partial charge is 0.469 e. The summed E-state index contributed by atoms with van der Waals surface area (Å²) in [5.74, 6) is -2.70. The van der Waals surface area contributed by atoms with Crippen molar-refractivity contribution in [2.45, 2.75) is 19.9 Å². The maximum Gasteiger partial charge on any atom is 0.307 e. The average molecular weight is 390 g/mol. The molecule has 0 aromatic heterocycles. The molecule has 0 saturated carbocycles. The lowest BCUT2D eigenvalue weighted by Gasteiger charge is -2.23. The predicted octanol–water partition coefficient (Wildman–Crippen LogP) is 3.63. The van der Waals surface area contributed by atoms with Crippen LogP contribution in [0.2, 0.25) is 0 Å². The van der Waals surface area contributed by atoms with Crippen molar-refractivity contribution in [2.75, 3.05) is 32.1 Å². The van der Waals surface area contributed by atoms with E-state index in [1.54, 1.807) is 12.1 Å². The zero-order valence-corrected chi connectivity index (χ0v) is 16.2. The van der Waals surface area contributed by atoms with Crippen LogP contribution in [0.3, 0.4) is 0 Å². The number of amides is 1. The number of carbonyl (C=O) groups is 2. The Morgan fingerprint density at radius 2 is 1.71 bits per heavy atom. The molecule has 0 fully saturated rings. The van der Waals surface area contributed by atoms with Crippen LogP contribution in [0, 0.1) is 11.6 Å². The highest BCUT2D eigenvalue weighted by Gasteiger charge is 2.18. The fourth-order valence-corrected chi connectivity index (χ4v) is 2.66. The normalized spacial score (nSPS) is 10.5. The zero-order valence-electron chi connectivity index (χ0n) is 16.2. The van der Waals surface area contributed by atoms with E-state index in [4.69, 9.17) is 0 Å². The van der Waals surface area contributed by atoms with Gasteiger partial charge in [-0.1, -0.05) is 6.07 Å². The molecular formula is C21H24F2N2O3. The number of benzene rings is 2. The first-order valence-electron chi connectivity index (χ1n) is 8.97. The molecule has 1 amide bonds. The summed E-state index contributed by atoms with van der Waals surface area (Å²) in [6.07, 6.45) is 0.00255. The molecule has 0 bridgehead atoms. The van der Waals surface area contributed by atoms with Crippen molar-refractivity contribution >= 4 is 17.6 Å². The van der Waals surface area contributed by atoms with Gasteiger partial charge in [0.05, 0.1) is 13.5 Å². The third kappa shape index (κ3) is 5.52. The Hall–Kier alpha value is -2.96. The standard InChI is InChI=1S/C21H24F2N2O3/c1-4-24(2)17-8-6-16(7-9-17)21(27)25(12-11-20(26)28-3)14-15-5-10-18(22)19(23)13-15/h5-10,13H,4,11-12,14H2,1-3H3. The van der Waals surface area contributed by atoms with E-state index < -0.39 is 17.6 Å². The van der Waals surface area contributed by atoms with Crippen molar-refractivity contribution in [3.05, 3.63) is 65.2 Å². The molecule has 7 heteroatoms. The molecule has 2 rings (SSSR count). The van der Waals surface area contributed by atoms with Gasteiger partial charge < -0.3 is 14.5 Å². The number of carbonyl (C=O) groups excluding carboxylic acids is 2. The monoisotopic (exact) mass is 390 g/mol. The Kier molecular flexibility index (Phi) is 7.49. The van der Waals surface area contributed by atoms with E-state index in [1.807, 2.05) is 31.0 Å². The summed E-state index contributed by atoms with van der Waals surface area (Å²) in [4.78, 5) is 27.9. The SMILES string of the molecule is CCN(C)c1ccc(C(=O)N(CCC(=O)OC)Cc2ccc(F)c(F)c2)cc1. The van der Waals surface area contributed by atoms with Crippen molar-refractivity contribution in [1.82, 2.24) is 4.90 Å². The third-order valence-electron chi connectivity index (χ3n) is 4.49. The number of hydrogen-bond donors (Lipinski definition) is 0. The summed E-state index contributed by atoms with van der Waals surface area (Å²) < 4.78 is 31.3. The molecule has 0 spiro atoms. The smallest absolute Gasteiger partial charge is 0.307 e. The second-order valence-electron chi connectivity index (χ2n) is 6.36. The van der Waals surface area contributed by atoms with Gasteiger partial charge in [0.25, 0.3) is 5.91 Å². The van der Waals surface area contributed by atoms with Crippen LogP contribution in [0.1, 0.15) is 29.3 Å². The minimum Gasteiger partial charge on any atom is -0.469 e. The predicted molar refractivity (Wildman–Crippen MR) is 103 cm³/mol. The first-order chi connectivity index (χ1) is 13.3. The number of hydrogen-bond acceptors (Lipinski definition) is 4. The van der Waals surface area contributed by atoms with Gasteiger partial charge in [0.2, 0.25) is 0 Å². The van der Waals surface area contributed by atoms with Crippen LogP contribution >= 0.6 is 0 Å². The van der Waals surface area contributed by atoms with E-state index in [9.17, 15) is 18.4 Å². The van der Waals surface area contributed by atoms with Crippen LogP contribution in [-0.4, -0.2) is 44.0 Å². The van der Waals surface area contributed by atoms with Crippen LogP contribution in [0.15, 0.2) is 42.5 Å². The molecule has 0 aliphatic heterocycles. The van der Waals surface area contributed by atoms with E-state index in [2.05, 4.69) is 4.74 Å². The molecule has 0 saturated heterocycles. The molecule has 150 valence electrons. The lowest BCUT2D eigenvalue weighted by Crippen LogP contribution is -2.33.